The Morgan fingerprint density at radius 2 is 2.38 bits per heavy atom. The zero-order valence-electron chi connectivity index (χ0n) is 5.02. The average molecular weight is 146 g/mol. The molecular formula is C6H10S2. The lowest BCUT2D eigenvalue weighted by atomic mass is 10.6. The summed E-state index contributed by atoms with van der Waals surface area (Å²) in [6.07, 6.45) is 2.22. The number of allylic oxidation sites excluding steroid dienone is 1. The third kappa shape index (κ3) is 1.75. The van der Waals surface area contributed by atoms with Gasteiger partial charge >= 0.3 is 0 Å². The maximum Gasteiger partial charge on any atom is 0.0241 e. The zero-order valence-corrected chi connectivity index (χ0v) is 6.65. The summed E-state index contributed by atoms with van der Waals surface area (Å²) >= 11 is 4.04. The largest absolute Gasteiger partial charge is 0.156 e. The molecule has 0 aliphatic carbocycles. The van der Waals surface area contributed by atoms with Crippen LogP contribution in [-0.2, 0) is 0 Å². The molecule has 0 aromatic rings. The van der Waals surface area contributed by atoms with Crippen LogP contribution in [0.3, 0.4) is 0 Å². The lowest BCUT2D eigenvalue weighted by Gasteiger charge is -2.11. The molecule has 0 atom stereocenters. The molecule has 0 unspecified atom stereocenters. The highest BCUT2D eigenvalue weighted by molar-refractivity contribution is 8.09. The predicted molar refractivity (Wildman–Crippen MR) is 43.5 cm³/mol. The summed E-state index contributed by atoms with van der Waals surface area (Å²) in [5.41, 5.74) is 0. The van der Waals surface area contributed by atoms with E-state index >= 15 is 0 Å². The molecule has 1 rings (SSSR count). The molecule has 0 bridgehead atoms. The Balaban J connectivity index is 2.33. The Morgan fingerprint density at radius 1 is 1.50 bits per heavy atom. The Labute approximate surface area is 59.1 Å². The van der Waals surface area contributed by atoms with Gasteiger partial charge in [0.25, 0.3) is 0 Å². The van der Waals surface area contributed by atoms with Crippen LogP contribution in [0.25, 0.3) is 0 Å². The molecule has 2 heteroatoms. The first-order chi connectivity index (χ1) is 3.93. The minimum absolute atomic E-state index is 1.25. The summed E-state index contributed by atoms with van der Waals surface area (Å²) in [7, 11) is 0. The second-order valence-electron chi connectivity index (χ2n) is 1.66. The van der Waals surface area contributed by atoms with E-state index in [4.69, 9.17) is 0 Å². The van der Waals surface area contributed by atoms with Crippen molar-refractivity contribution in [2.45, 2.75) is 6.92 Å². The molecule has 0 spiro atoms. The van der Waals surface area contributed by atoms with Gasteiger partial charge in [-0.25, -0.2) is 0 Å². The normalized spacial score (nSPS) is 26.4. The van der Waals surface area contributed by atoms with E-state index in [1.165, 1.54) is 17.3 Å². The maximum absolute atomic E-state index is 2.22. The van der Waals surface area contributed by atoms with Gasteiger partial charge in [-0.3, -0.25) is 0 Å². The number of rotatable bonds is 0. The minimum Gasteiger partial charge on any atom is -0.156 e. The van der Waals surface area contributed by atoms with Crippen LogP contribution in [0.2, 0.25) is 0 Å². The Bertz CT molecular complexity index is 88.7. The van der Waals surface area contributed by atoms with Gasteiger partial charge in [-0.15, -0.1) is 11.8 Å². The molecule has 0 amide bonds. The summed E-state index contributed by atoms with van der Waals surface area (Å²) in [6, 6.07) is 0. The van der Waals surface area contributed by atoms with Gasteiger partial charge in [-0.1, -0.05) is 6.08 Å². The molecule has 1 aliphatic rings. The van der Waals surface area contributed by atoms with E-state index in [0.29, 0.717) is 0 Å². The van der Waals surface area contributed by atoms with Gasteiger partial charge in [0.2, 0.25) is 0 Å². The van der Waals surface area contributed by atoms with E-state index in [-0.39, 0.29) is 0 Å². The summed E-state index contributed by atoms with van der Waals surface area (Å²) in [5.74, 6) is 3.90. The molecule has 8 heavy (non-hydrogen) atoms. The molecule has 0 N–H and O–H groups in total. The van der Waals surface area contributed by atoms with Gasteiger partial charge in [0, 0.05) is 17.3 Å². The molecule has 46 valence electrons. The third-order valence-corrected chi connectivity index (χ3v) is 3.69. The molecule has 0 radical (unpaired) electrons. The predicted octanol–water partition coefficient (Wildman–Crippen LogP) is 2.37. The molecule has 0 nitrogen and oxygen atoms in total. The Morgan fingerprint density at radius 3 is 2.75 bits per heavy atom. The third-order valence-electron chi connectivity index (χ3n) is 1.08. The van der Waals surface area contributed by atoms with Crippen molar-refractivity contribution in [1.29, 1.82) is 0 Å². The molecule has 1 fully saturated rings. The number of hydrogen-bond acceptors (Lipinski definition) is 2. The van der Waals surface area contributed by atoms with Crippen LogP contribution < -0.4 is 0 Å². The Kier molecular flexibility index (Phi) is 2.84. The Hall–Kier alpha value is 0.440. The minimum atomic E-state index is 1.25. The van der Waals surface area contributed by atoms with E-state index in [2.05, 4.69) is 13.0 Å². The van der Waals surface area contributed by atoms with E-state index in [0.717, 1.165) is 0 Å². The van der Waals surface area contributed by atoms with E-state index in [9.17, 15) is 0 Å². The highest BCUT2D eigenvalue weighted by Gasteiger charge is 2.02. The molecule has 1 heterocycles. The first-order valence-electron chi connectivity index (χ1n) is 2.79. The van der Waals surface area contributed by atoms with E-state index < -0.39 is 0 Å². The summed E-state index contributed by atoms with van der Waals surface area (Å²) in [6.45, 7) is 2.12. The van der Waals surface area contributed by atoms with Crippen molar-refractivity contribution in [2.75, 3.05) is 17.3 Å². The van der Waals surface area contributed by atoms with Crippen molar-refractivity contribution in [2.24, 2.45) is 0 Å². The van der Waals surface area contributed by atoms with Gasteiger partial charge in [0.1, 0.15) is 0 Å². The van der Waals surface area contributed by atoms with Gasteiger partial charge in [-0.05, 0) is 11.8 Å². The second-order valence-corrected chi connectivity index (χ2v) is 3.98. The fourth-order valence-corrected chi connectivity index (χ4v) is 2.94. The molecule has 0 aromatic carbocycles. The monoisotopic (exact) mass is 146 g/mol. The molecule has 1 aliphatic heterocycles. The van der Waals surface area contributed by atoms with Crippen molar-refractivity contribution < 1.29 is 0 Å². The van der Waals surface area contributed by atoms with Crippen molar-refractivity contribution in [3.05, 3.63) is 11.0 Å². The molecule has 1 saturated heterocycles. The highest BCUT2D eigenvalue weighted by Crippen LogP contribution is 2.26. The lowest BCUT2D eigenvalue weighted by Crippen LogP contribution is -1.96. The quantitative estimate of drug-likeness (QED) is 0.514. The van der Waals surface area contributed by atoms with Crippen LogP contribution >= 0.6 is 23.5 Å². The standard InChI is InChI=1S/C6H10S2/c1-2-6-5-7-3-4-8-6/h2H,3-5H2,1H3. The zero-order chi connectivity index (χ0) is 5.82. The molecule has 0 saturated carbocycles. The van der Waals surface area contributed by atoms with E-state index in [1.54, 1.807) is 4.91 Å². The van der Waals surface area contributed by atoms with Crippen molar-refractivity contribution in [3.63, 3.8) is 0 Å². The summed E-state index contributed by atoms with van der Waals surface area (Å²) < 4.78 is 0. The summed E-state index contributed by atoms with van der Waals surface area (Å²) in [4.78, 5) is 1.56. The SMILES string of the molecule is CC=C1CSCCS1. The topological polar surface area (TPSA) is 0 Å². The van der Waals surface area contributed by atoms with Gasteiger partial charge in [0.15, 0.2) is 0 Å². The fraction of sp³-hybridized carbons (Fsp3) is 0.667. The summed E-state index contributed by atoms with van der Waals surface area (Å²) in [5, 5.41) is 0. The van der Waals surface area contributed by atoms with Crippen LogP contribution in [0.15, 0.2) is 11.0 Å². The highest BCUT2D eigenvalue weighted by atomic mass is 32.2. The molecular weight excluding hydrogens is 136 g/mol. The first-order valence-corrected chi connectivity index (χ1v) is 4.93. The van der Waals surface area contributed by atoms with Crippen molar-refractivity contribution in [1.82, 2.24) is 0 Å². The van der Waals surface area contributed by atoms with Crippen LogP contribution in [0.4, 0.5) is 0 Å². The van der Waals surface area contributed by atoms with Crippen LogP contribution in [0.5, 0.6) is 0 Å². The second kappa shape index (κ2) is 3.46. The maximum atomic E-state index is 2.22. The first kappa shape index (κ1) is 6.56. The smallest absolute Gasteiger partial charge is 0.0241 e. The van der Waals surface area contributed by atoms with Crippen LogP contribution in [-0.4, -0.2) is 17.3 Å². The molecule has 0 aromatic heterocycles. The van der Waals surface area contributed by atoms with Gasteiger partial charge in [0.05, 0.1) is 0 Å². The lowest BCUT2D eigenvalue weighted by molar-refractivity contribution is 1.48. The van der Waals surface area contributed by atoms with Gasteiger partial charge in [-0.2, -0.15) is 11.8 Å². The van der Waals surface area contributed by atoms with Crippen LogP contribution in [0.1, 0.15) is 6.92 Å². The van der Waals surface area contributed by atoms with E-state index in [1.807, 2.05) is 23.5 Å². The average Bonchev–Trinajstić information content (AvgIpc) is 1.90. The fourth-order valence-electron chi connectivity index (χ4n) is 0.613. The van der Waals surface area contributed by atoms with Gasteiger partial charge < -0.3 is 0 Å². The van der Waals surface area contributed by atoms with Crippen LogP contribution in [0, 0.1) is 0 Å². The number of thioether (sulfide) groups is 2. The van der Waals surface area contributed by atoms with Crippen molar-refractivity contribution in [3.8, 4) is 0 Å². The van der Waals surface area contributed by atoms with Crippen molar-refractivity contribution >= 4 is 23.5 Å². The number of hydrogen-bond donors (Lipinski definition) is 0.